The largest absolute Gasteiger partial charge is 0.326 e. The summed E-state index contributed by atoms with van der Waals surface area (Å²) in [6, 6.07) is 5.79. The van der Waals surface area contributed by atoms with E-state index in [0.717, 1.165) is 27.3 Å². The molecule has 4 nitrogen and oxygen atoms in total. The highest BCUT2D eigenvalue weighted by atomic mass is 35.5. The molecule has 0 unspecified atom stereocenters. The van der Waals surface area contributed by atoms with Crippen molar-refractivity contribution in [3.63, 3.8) is 0 Å². The number of benzene rings is 1. The summed E-state index contributed by atoms with van der Waals surface area (Å²) in [5, 5.41) is 4.80. The number of aryl methyl sites for hydroxylation is 1. The molecule has 24 heavy (non-hydrogen) atoms. The van der Waals surface area contributed by atoms with Gasteiger partial charge in [0.05, 0.1) is 5.69 Å². The second-order valence-electron chi connectivity index (χ2n) is 5.67. The summed E-state index contributed by atoms with van der Waals surface area (Å²) in [4.78, 5) is 14.5. The van der Waals surface area contributed by atoms with Gasteiger partial charge in [-0.25, -0.2) is 4.79 Å². The van der Waals surface area contributed by atoms with Crippen molar-refractivity contribution in [2.75, 3.05) is 0 Å². The topological polar surface area (TPSA) is 50.7 Å². The number of aromatic amines is 1. The molecule has 0 saturated heterocycles. The Bertz CT molecular complexity index is 1190. The number of hydrogen-bond donors (Lipinski definition) is 1. The van der Waals surface area contributed by atoms with E-state index in [2.05, 4.69) is 21.5 Å². The first-order valence-corrected chi connectivity index (χ1v) is 8.88. The first kappa shape index (κ1) is 15.5. The van der Waals surface area contributed by atoms with E-state index >= 15 is 0 Å². The predicted octanol–water partition coefficient (Wildman–Crippen LogP) is 2.31. The number of fused-ring (bicyclic) bond motifs is 2. The van der Waals surface area contributed by atoms with Crippen molar-refractivity contribution in [3.05, 3.63) is 77.2 Å². The molecule has 1 atom stereocenters. The fourth-order valence-corrected chi connectivity index (χ4v) is 4.05. The van der Waals surface area contributed by atoms with Crippen molar-refractivity contribution in [2.45, 2.75) is 5.92 Å². The number of hydrogen-bond acceptors (Lipinski definition) is 4. The maximum atomic E-state index is 11.8. The van der Waals surface area contributed by atoms with Crippen LogP contribution in [0.1, 0.15) is 22.7 Å². The summed E-state index contributed by atoms with van der Waals surface area (Å²) in [5.41, 5.74) is 2.64. The highest BCUT2D eigenvalue weighted by Gasteiger charge is 2.21. The highest BCUT2D eigenvalue weighted by Crippen LogP contribution is 2.31. The van der Waals surface area contributed by atoms with Gasteiger partial charge in [-0.05, 0) is 40.2 Å². The second-order valence-corrected chi connectivity index (χ2v) is 7.15. The number of nitrogens with zero attached hydrogens (tertiary/aromatic N) is 2. The third-order valence-electron chi connectivity index (χ3n) is 4.12. The molecule has 7 heteroatoms. The van der Waals surface area contributed by atoms with Gasteiger partial charge in [-0.15, -0.1) is 0 Å². The zero-order valence-electron chi connectivity index (χ0n) is 12.6. The molecule has 0 spiro atoms. The number of aromatic nitrogens is 3. The molecular formula is C17H12ClN3OS2. The van der Waals surface area contributed by atoms with Crippen molar-refractivity contribution in [1.29, 1.82) is 0 Å². The van der Waals surface area contributed by atoms with E-state index in [1.165, 1.54) is 16.1 Å². The number of halogens is 1. The summed E-state index contributed by atoms with van der Waals surface area (Å²) >= 11 is 13.0. The minimum absolute atomic E-state index is 0.0923. The highest BCUT2D eigenvalue weighted by molar-refractivity contribution is 7.71. The van der Waals surface area contributed by atoms with Crippen molar-refractivity contribution in [2.24, 2.45) is 7.05 Å². The summed E-state index contributed by atoms with van der Waals surface area (Å²) in [6.45, 7) is 0. The van der Waals surface area contributed by atoms with E-state index in [1.807, 2.05) is 23.6 Å². The summed E-state index contributed by atoms with van der Waals surface area (Å²) < 4.78 is 6.46. The quantitative estimate of drug-likeness (QED) is 0.666. The minimum Gasteiger partial charge on any atom is -0.304 e. The maximum Gasteiger partial charge on any atom is 0.326 e. The Morgan fingerprint density at radius 3 is 3.00 bits per heavy atom. The Morgan fingerprint density at radius 1 is 1.33 bits per heavy atom. The Morgan fingerprint density at radius 2 is 2.17 bits per heavy atom. The van der Waals surface area contributed by atoms with Gasteiger partial charge in [0, 0.05) is 40.7 Å². The van der Waals surface area contributed by atoms with Crippen LogP contribution in [0.15, 0.2) is 34.6 Å². The van der Waals surface area contributed by atoms with Crippen LogP contribution in [0.3, 0.4) is 0 Å². The summed E-state index contributed by atoms with van der Waals surface area (Å²) in [7, 11) is 1.71. The lowest BCUT2D eigenvalue weighted by atomic mass is 9.93. The first-order valence-electron chi connectivity index (χ1n) is 7.26. The zero-order valence-corrected chi connectivity index (χ0v) is 15.0. The second kappa shape index (κ2) is 5.81. The zero-order chi connectivity index (χ0) is 16.8. The molecule has 0 radical (unpaired) electrons. The molecule has 120 valence electrons. The van der Waals surface area contributed by atoms with Crippen LogP contribution in [0.25, 0.3) is 12.2 Å². The van der Waals surface area contributed by atoms with E-state index in [9.17, 15) is 4.79 Å². The van der Waals surface area contributed by atoms with Crippen molar-refractivity contribution in [3.8, 4) is 0 Å². The normalized spacial score (nSPS) is 15.7. The smallest absolute Gasteiger partial charge is 0.304 e. The number of H-pyrrole nitrogens is 1. The Balaban J connectivity index is 2.07. The van der Waals surface area contributed by atoms with Crippen LogP contribution in [-0.2, 0) is 7.05 Å². The SMILES string of the molecule is Cn1cc([C@H]2C=c3cc(Cl)ccc3=Cc3nscc32)c(=S)[nH]c1=O. The third-order valence-corrected chi connectivity index (χ3v) is 5.35. The molecule has 1 N–H and O–H groups in total. The van der Waals surface area contributed by atoms with Crippen LogP contribution < -0.4 is 16.1 Å². The molecule has 0 bridgehead atoms. The van der Waals surface area contributed by atoms with Gasteiger partial charge in [-0.1, -0.05) is 36.0 Å². The van der Waals surface area contributed by atoms with E-state index in [-0.39, 0.29) is 11.6 Å². The molecule has 4 rings (SSSR count). The van der Waals surface area contributed by atoms with Gasteiger partial charge >= 0.3 is 5.69 Å². The lowest BCUT2D eigenvalue weighted by Crippen LogP contribution is -2.25. The molecule has 1 aliphatic carbocycles. The average Bonchev–Trinajstić information content (AvgIpc) is 2.93. The number of nitrogens with one attached hydrogen (secondary N) is 1. The van der Waals surface area contributed by atoms with Crippen molar-refractivity contribution >= 4 is 47.5 Å². The summed E-state index contributed by atoms with van der Waals surface area (Å²) in [6.07, 6.45) is 5.98. The molecular weight excluding hydrogens is 362 g/mol. The molecule has 0 saturated carbocycles. The maximum absolute atomic E-state index is 11.8. The molecule has 0 aliphatic heterocycles. The standard InChI is InChI=1S/C17H12ClN3OS2/c1-21-7-13(16(23)19-17(21)22)12-5-10-4-11(18)3-2-9(10)6-15-14(12)8-24-20-15/h2-8,12H,1H3,(H,19,22,23)/t12-/m1/s1. The molecule has 2 heterocycles. The van der Waals surface area contributed by atoms with Gasteiger partial charge < -0.3 is 4.57 Å². The van der Waals surface area contributed by atoms with Crippen molar-refractivity contribution in [1.82, 2.24) is 13.9 Å². The fraction of sp³-hybridized carbons (Fsp3) is 0.118. The molecule has 2 aromatic heterocycles. The molecule has 0 fully saturated rings. The van der Waals surface area contributed by atoms with E-state index in [4.69, 9.17) is 23.8 Å². The van der Waals surface area contributed by atoms with Crippen LogP contribution in [0.2, 0.25) is 5.02 Å². The Labute approximate surface area is 151 Å². The average molecular weight is 374 g/mol. The van der Waals surface area contributed by atoms with E-state index < -0.39 is 0 Å². The van der Waals surface area contributed by atoms with Crippen LogP contribution in [-0.4, -0.2) is 13.9 Å². The van der Waals surface area contributed by atoms with E-state index in [1.54, 1.807) is 13.2 Å². The van der Waals surface area contributed by atoms with Crippen LogP contribution in [0.4, 0.5) is 0 Å². The molecule has 1 aromatic carbocycles. The molecule has 3 aromatic rings. The van der Waals surface area contributed by atoms with E-state index in [0.29, 0.717) is 9.66 Å². The third kappa shape index (κ3) is 2.56. The van der Waals surface area contributed by atoms with Gasteiger partial charge in [0.1, 0.15) is 4.64 Å². The lowest BCUT2D eigenvalue weighted by molar-refractivity contribution is 0.783. The minimum atomic E-state index is -0.226. The summed E-state index contributed by atoms with van der Waals surface area (Å²) in [5.74, 6) is -0.0923. The van der Waals surface area contributed by atoms with Crippen LogP contribution >= 0.6 is 35.4 Å². The van der Waals surface area contributed by atoms with Crippen molar-refractivity contribution < 1.29 is 0 Å². The van der Waals surface area contributed by atoms with Gasteiger partial charge in [-0.2, -0.15) is 4.37 Å². The molecule has 1 aliphatic rings. The monoisotopic (exact) mass is 373 g/mol. The Hall–Kier alpha value is -2.02. The van der Waals surface area contributed by atoms with Gasteiger partial charge in [0.25, 0.3) is 0 Å². The molecule has 0 amide bonds. The van der Waals surface area contributed by atoms with Crippen LogP contribution in [0, 0.1) is 4.64 Å². The van der Waals surface area contributed by atoms with Gasteiger partial charge in [0.15, 0.2) is 0 Å². The first-order chi connectivity index (χ1) is 11.5. The Kier molecular flexibility index (Phi) is 3.75. The number of rotatable bonds is 1. The van der Waals surface area contributed by atoms with Gasteiger partial charge in [-0.3, -0.25) is 4.98 Å². The predicted molar refractivity (Wildman–Crippen MR) is 99.6 cm³/mol. The van der Waals surface area contributed by atoms with Gasteiger partial charge in [0.2, 0.25) is 0 Å². The fourth-order valence-electron chi connectivity index (χ4n) is 2.90. The van der Waals surface area contributed by atoms with Crippen LogP contribution in [0.5, 0.6) is 0 Å². The lowest BCUT2D eigenvalue weighted by Gasteiger charge is -2.13.